The van der Waals surface area contributed by atoms with Crippen molar-refractivity contribution < 1.29 is 9.90 Å². The first-order valence-electron chi connectivity index (χ1n) is 9.62. The van der Waals surface area contributed by atoms with Gasteiger partial charge < -0.3 is 10.0 Å². The van der Waals surface area contributed by atoms with Crippen molar-refractivity contribution in [3.63, 3.8) is 0 Å². The summed E-state index contributed by atoms with van der Waals surface area (Å²) >= 11 is 0. The molecule has 1 fully saturated rings. The van der Waals surface area contributed by atoms with Gasteiger partial charge in [0.05, 0.1) is 5.60 Å². The zero-order valence-corrected chi connectivity index (χ0v) is 16.3. The molecule has 27 heavy (non-hydrogen) atoms. The Hall–Kier alpha value is -2.24. The highest BCUT2D eigenvalue weighted by Gasteiger charge is 2.22. The molecular formula is C22H29N3O2. The van der Waals surface area contributed by atoms with Crippen molar-refractivity contribution in [2.75, 3.05) is 26.2 Å². The largest absolute Gasteiger partial charge is 0.390 e. The highest BCUT2D eigenvalue weighted by Crippen LogP contribution is 2.16. The molecule has 0 spiro atoms. The molecule has 1 aromatic heterocycles. The summed E-state index contributed by atoms with van der Waals surface area (Å²) in [4.78, 5) is 21.2. The second-order valence-electron chi connectivity index (χ2n) is 7.94. The molecule has 5 heteroatoms. The molecule has 0 unspecified atom stereocenters. The summed E-state index contributed by atoms with van der Waals surface area (Å²) in [6.45, 7) is 7.78. The van der Waals surface area contributed by atoms with Crippen LogP contribution in [0.4, 0.5) is 0 Å². The Morgan fingerprint density at radius 1 is 1.07 bits per heavy atom. The first-order chi connectivity index (χ1) is 12.9. The van der Waals surface area contributed by atoms with Gasteiger partial charge in [0.2, 0.25) is 0 Å². The average molecular weight is 367 g/mol. The van der Waals surface area contributed by atoms with E-state index in [4.69, 9.17) is 0 Å². The van der Waals surface area contributed by atoms with Crippen LogP contribution in [0.25, 0.3) is 0 Å². The molecule has 1 N–H and O–H groups in total. The van der Waals surface area contributed by atoms with Crippen LogP contribution in [0.5, 0.6) is 0 Å². The number of rotatable bonds is 6. The van der Waals surface area contributed by atoms with E-state index in [1.165, 1.54) is 5.56 Å². The lowest BCUT2D eigenvalue weighted by molar-refractivity contribution is 0.0628. The van der Waals surface area contributed by atoms with Crippen LogP contribution < -0.4 is 0 Å². The van der Waals surface area contributed by atoms with Crippen molar-refractivity contribution in [1.82, 2.24) is 14.8 Å². The molecule has 2 aromatic rings. The summed E-state index contributed by atoms with van der Waals surface area (Å²) in [7, 11) is 0. The van der Waals surface area contributed by atoms with Crippen LogP contribution >= 0.6 is 0 Å². The molecule has 1 saturated heterocycles. The maximum absolute atomic E-state index is 12.9. The molecule has 0 radical (unpaired) electrons. The number of aryl methyl sites for hydroxylation is 1. The Bertz CT molecular complexity index is 748. The van der Waals surface area contributed by atoms with E-state index in [1.54, 1.807) is 0 Å². The summed E-state index contributed by atoms with van der Waals surface area (Å²) in [6.07, 6.45) is 5.09. The number of aliphatic hydroxyl groups is 1. The predicted octanol–water partition coefficient (Wildman–Crippen LogP) is 2.74. The number of pyridine rings is 1. The number of carbonyl (C=O) groups is 1. The third-order valence-corrected chi connectivity index (χ3v) is 5.01. The van der Waals surface area contributed by atoms with E-state index in [9.17, 15) is 9.90 Å². The number of hydrogen-bond donors (Lipinski definition) is 1. The van der Waals surface area contributed by atoms with Crippen molar-refractivity contribution in [2.45, 2.75) is 38.8 Å². The van der Waals surface area contributed by atoms with E-state index in [-0.39, 0.29) is 5.91 Å². The molecule has 1 aromatic carbocycles. The topological polar surface area (TPSA) is 56.7 Å². The van der Waals surface area contributed by atoms with Gasteiger partial charge in [-0.05, 0) is 62.1 Å². The highest BCUT2D eigenvalue weighted by molar-refractivity contribution is 5.94. The van der Waals surface area contributed by atoms with Crippen molar-refractivity contribution in [3.8, 4) is 0 Å². The molecule has 3 rings (SSSR count). The first-order valence-corrected chi connectivity index (χ1v) is 9.62. The number of carbonyl (C=O) groups excluding carboxylic acids is 1. The maximum atomic E-state index is 12.9. The standard InChI is InChI=1S/C22H29N3O2/c1-22(2,27)9-6-18-4-3-5-20(16-18)21(26)25-14-12-24(13-15-25)17-19-7-10-23-11-8-19/h3-5,7-8,10-11,16,27H,6,9,12-15,17H2,1-2H3. The highest BCUT2D eigenvalue weighted by atomic mass is 16.3. The van der Waals surface area contributed by atoms with Gasteiger partial charge in [-0.3, -0.25) is 14.7 Å². The molecule has 1 aliphatic heterocycles. The molecule has 5 nitrogen and oxygen atoms in total. The molecular weight excluding hydrogens is 338 g/mol. The molecule has 0 aliphatic carbocycles. The third-order valence-electron chi connectivity index (χ3n) is 5.01. The Morgan fingerprint density at radius 2 is 1.78 bits per heavy atom. The molecule has 1 aliphatic rings. The first kappa shape index (κ1) is 19.5. The lowest BCUT2D eigenvalue weighted by atomic mass is 9.97. The van der Waals surface area contributed by atoms with Gasteiger partial charge in [-0.15, -0.1) is 0 Å². The van der Waals surface area contributed by atoms with E-state index < -0.39 is 5.60 Å². The van der Waals surface area contributed by atoms with Gasteiger partial charge in [-0.25, -0.2) is 0 Å². The van der Waals surface area contributed by atoms with Crippen molar-refractivity contribution >= 4 is 5.91 Å². The Morgan fingerprint density at radius 3 is 2.44 bits per heavy atom. The fourth-order valence-electron chi connectivity index (χ4n) is 3.35. The summed E-state index contributed by atoms with van der Waals surface area (Å²) in [5.41, 5.74) is 2.40. The van der Waals surface area contributed by atoms with Crippen molar-refractivity contribution in [1.29, 1.82) is 0 Å². The number of piperazine rings is 1. The van der Waals surface area contributed by atoms with Gasteiger partial charge >= 0.3 is 0 Å². The maximum Gasteiger partial charge on any atom is 0.253 e. The second-order valence-corrected chi connectivity index (χ2v) is 7.94. The van der Waals surface area contributed by atoms with Crippen LogP contribution in [0.15, 0.2) is 48.8 Å². The zero-order valence-electron chi connectivity index (χ0n) is 16.3. The molecule has 0 bridgehead atoms. The number of amides is 1. The van der Waals surface area contributed by atoms with Gasteiger partial charge in [0.15, 0.2) is 0 Å². The summed E-state index contributed by atoms with van der Waals surface area (Å²) in [5.74, 6) is 0.101. The molecule has 144 valence electrons. The number of aromatic nitrogens is 1. The molecule has 2 heterocycles. The van der Waals surface area contributed by atoms with Gasteiger partial charge in [0, 0.05) is 50.7 Å². The summed E-state index contributed by atoms with van der Waals surface area (Å²) in [6, 6.07) is 11.9. The van der Waals surface area contributed by atoms with Crippen LogP contribution in [0.1, 0.15) is 41.8 Å². The fraction of sp³-hybridized carbons (Fsp3) is 0.455. The molecule has 0 atom stereocenters. The van der Waals surface area contributed by atoms with Gasteiger partial charge in [-0.2, -0.15) is 0 Å². The van der Waals surface area contributed by atoms with Gasteiger partial charge in [0.1, 0.15) is 0 Å². The van der Waals surface area contributed by atoms with Crippen LogP contribution in [-0.2, 0) is 13.0 Å². The quantitative estimate of drug-likeness (QED) is 0.853. The Balaban J connectivity index is 1.54. The Labute approximate surface area is 161 Å². The molecule has 1 amide bonds. The smallest absolute Gasteiger partial charge is 0.253 e. The van der Waals surface area contributed by atoms with E-state index in [2.05, 4.69) is 9.88 Å². The monoisotopic (exact) mass is 367 g/mol. The number of hydrogen-bond acceptors (Lipinski definition) is 4. The van der Waals surface area contributed by atoms with E-state index >= 15 is 0 Å². The van der Waals surface area contributed by atoms with E-state index in [1.807, 2.05) is 67.5 Å². The average Bonchev–Trinajstić information content (AvgIpc) is 2.67. The SMILES string of the molecule is CC(C)(O)CCc1cccc(C(=O)N2CCN(Cc3ccncc3)CC2)c1. The third kappa shape index (κ3) is 5.88. The number of nitrogens with zero attached hydrogens (tertiary/aromatic N) is 3. The normalized spacial score (nSPS) is 15.7. The minimum atomic E-state index is -0.689. The minimum Gasteiger partial charge on any atom is -0.390 e. The lowest BCUT2D eigenvalue weighted by Gasteiger charge is -2.34. The van der Waals surface area contributed by atoms with Crippen molar-refractivity contribution in [3.05, 3.63) is 65.5 Å². The lowest BCUT2D eigenvalue weighted by Crippen LogP contribution is -2.48. The van der Waals surface area contributed by atoms with Crippen LogP contribution in [-0.4, -0.2) is 57.6 Å². The number of benzene rings is 1. The summed E-state index contributed by atoms with van der Waals surface area (Å²) in [5, 5.41) is 9.91. The van der Waals surface area contributed by atoms with Gasteiger partial charge in [-0.1, -0.05) is 12.1 Å². The summed E-state index contributed by atoms with van der Waals surface area (Å²) < 4.78 is 0. The van der Waals surface area contributed by atoms with Crippen LogP contribution in [0, 0.1) is 0 Å². The zero-order chi connectivity index (χ0) is 19.3. The second kappa shape index (κ2) is 8.63. The minimum absolute atomic E-state index is 0.101. The van der Waals surface area contributed by atoms with E-state index in [0.717, 1.165) is 50.3 Å². The molecule has 0 saturated carbocycles. The van der Waals surface area contributed by atoms with Crippen LogP contribution in [0.2, 0.25) is 0 Å². The van der Waals surface area contributed by atoms with Crippen molar-refractivity contribution in [2.24, 2.45) is 0 Å². The predicted molar refractivity (Wildman–Crippen MR) is 106 cm³/mol. The van der Waals surface area contributed by atoms with Gasteiger partial charge in [0.25, 0.3) is 5.91 Å². The van der Waals surface area contributed by atoms with Crippen LogP contribution in [0.3, 0.4) is 0 Å². The van der Waals surface area contributed by atoms with E-state index in [0.29, 0.717) is 6.42 Å². The fourth-order valence-corrected chi connectivity index (χ4v) is 3.35. The Kier molecular flexibility index (Phi) is 6.24.